The Labute approximate surface area is 115 Å². The number of benzene rings is 1. The van der Waals surface area contributed by atoms with Gasteiger partial charge >= 0.3 is 12.0 Å². The van der Waals surface area contributed by atoms with Gasteiger partial charge in [0.1, 0.15) is 0 Å². The highest BCUT2D eigenvalue weighted by atomic mass is 16.5. The SMILES string of the molecule is COc1cc(NC(=O)NC2CC2)c(C(=O)O)cc1OC. The van der Waals surface area contributed by atoms with Gasteiger partial charge < -0.3 is 25.2 Å². The molecule has 0 spiro atoms. The van der Waals surface area contributed by atoms with E-state index >= 15 is 0 Å². The first-order valence-electron chi connectivity index (χ1n) is 6.12. The van der Waals surface area contributed by atoms with Crippen LogP contribution in [0.25, 0.3) is 0 Å². The van der Waals surface area contributed by atoms with Crippen molar-refractivity contribution in [3.05, 3.63) is 17.7 Å². The smallest absolute Gasteiger partial charge is 0.337 e. The number of methoxy groups -OCH3 is 2. The van der Waals surface area contributed by atoms with Crippen LogP contribution in [-0.4, -0.2) is 37.4 Å². The molecule has 0 saturated heterocycles. The molecule has 0 bridgehead atoms. The van der Waals surface area contributed by atoms with Gasteiger partial charge in [-0.1, -0.05) is 0 Å². The Morgan fingerprint density at radius 2 is 1.80 bits per heavy atom. The lowest BCUT2D eigenvalue weighted by molar-refractivity contribution is 0.0697. The molecule has 0 radical (unpaired) electrons. The summed E-state index contributed by atoms with van der Waals surface area (Å²) in [6.07, 6.45) is 1.90. The minimum absolute atomic E-state index is 0.0615. The zero-order valence-electron chi connectivity index (χ0n) is 11.2. The molecule has 1 aromatic carbocycles. The highest BCUT2D eigenvalue weighted by Crippen LogP contribution is 2.33. The number of amides is 2. The molecule has 0 heterocycles. The normalized spacial score (nSPS) is 13.5. The monoisotopic (exact) mass is 280 g/mol. The van der Waals surface area contributed by atoms with E-state index in [0.717, 1.165) is 12.8 Å². The summed E-state index contributed by atoms with van der Waals surface area (Å²) in [4.78, 5) is 22.9. The quantitative estimate of drug-likeness (QED) is 0.762. The van der Waals surface area contributed by atoms with Crippen LogP contribution in [0, 0.1) is 0 Å². The molecule has 1 saturated carbocycles. The third kappa shape index (κ3) is 3.11. The van der Waals surface area contributed by atoms with Crippen LogP contribution in [0.3, 0.4) is 0 Å². The summed E-state index contributed by atoms with van der Waals surface area (Å²) in [5.74, 6) is -0.523. The van der Waals surface area contributed by atoms with Crippen molar-refractivity contribution >= 4 is 17.7 Å². The Hall–Kier alpha value is -2.44. The molecule has 7 heteroatoms. The van der Waals surface area contributed by atoms with E-state index in [2.05, 4.69) is 10.6 Å². The molecule has 108 valence electrons. The maximum absolute atomic E-state index is 11.7. The van der Waals surface area contributed by atoms with E-state index in [1.165, 1.54) is 26.4 Å². The molecule has 1 aliphatic rings. The Morgan fingerprint density at radius 1 is 1.20 bits per heavy atom. The standard InChI is InChI=1S/C13H16N2O5/c1-19-10-5-8(12(16)17)9(6-11(10)20-2)15-13(18)14-7-3-4-7/h5-7H,3-4H2,1-2H3,(H,16,17)(H2,14,15,18). The fourth-order valence-electron chi connectivity index (χ4n) is 1.73. The summed E-state index contributed by atoms with van der Waals surface area (Å²) in [6, 6.07) is 2.49. The van der Waals surface area contributed by atoms with Gasteiger partial charge in [-0.05, 0) is 12.8 Å². The minimum atomic E-state index is -1.16. The fraction of sp³-hybridized carbons (Fsp3) is 0.385. The summed E-state index contributed by atoms with van der Waals surface area (Å²) in [5.41, 5.74) is 0.0990. The molecule has 3 N–H and O–H groups in total. The van der Waals surface area contributed by atoms with Crippen molar-refractivity contribution in [2.75, 3.05) is 19.5 Å². The zero-order chi connectivity index (χ0) is 14.7. The van der Waals surface area contributed by atoms with Gasteiger partial charge in [-0.15, -0.1) is 0 Å². The lowest BCUT2D eigenvalue weighted by Crippen LogP contribution is -2.31. The lowest BCUT2D eigenvalue weighted by atomic mass is 10.1. The number of hydrogen-bond donors (Lipinski definition) is 3. The summed E-state index contributed by atoms with van der Waals surface area (Å²) in [6.45, 7) is 0. The van der Waals surface area contributed by atoms with Crippen molar-refractivity contribution in [2.45, 2.75) is 18.9 Å². The van der Waals surface area contributed by atoms with Gasteiger partial charge in [0.05, 0.1) is 25.5 Å². The van der Waals surface area contributed by atoms with Crippen LogP contribution in [0.5, 0.6) is 11.5 Å². The van der Waals surface area contributed by atoms with Crippen molar-refractivity contribution in [2.24, 2.45) is 0 Å². The Balaban J connectivity index is 2.28. The second kappa shape index (κ2) is 5.68. The van der Waals surface area contributed by atoms with Crippen LogP contribution in [0.15, 0.2) is 12.1 Å². The highest BCUT2D eigenvalue weighted by molar-refractivity contribution is 6.01. The van der Waals surface area contributed by atoms with Crippen molar-refractivity contribution in [3.8, 4) is 11.5 Å². The van der Waals surface area contributed by atoms with Crippen LogP contribution in [0.2, 0.25) is 0 Å². The van der Waals surface area contributed by atoms with E-state index in [9.17, 15) is 14.7 Å². The van der Waals surface area contributed by atoms with Crippen molar-refractivity contribution < 1.29 is 24.2 Å². The number of carbonyl (C=O) groups is 2. The number of carboxylic acids is 1. The van der Waals surface area contributed by atoms with Gasteiger partial charge in [0.25, 0.3) is 0 Å². The number of aromatic carboxylic acids is 1. The van der Waals surface area contributed by atoms with Crippen LogP contribution >= 0.6 is 0 Å². The third-order valence-corrected chi connectivity index (χ3v) is 2.91. The number of carboxylic acid groups (broad SMARTS) is 1. The zero-order valence-corrected chi connectivity index (χ0v) is 11.2. The van der Waals surface area contributed by atoms with Crippen molar-refractivity contribution in [1.29, 1.82) is 0 Å². The van der Waals surface area contributed by atoms with E-state index < -0.39 is 12.0 Å². The maximum atomic E-state index is 11.7. The van der Waals surface area contributed by atoms with Gasteiger partial charge in [-0.2, -0.15) is 0 Å². The number of hydrogen-bond acceptors (Lipinski definition) is 4. The first kappa shape index (κ1) is 14.0. The van der Waals surface area contributed by atoms with Crippen molar-refractivity contribution in [1.82, 2.24) is 5.32 Å². The van der Waals surface area contributed by atoms with E-state index in [1.54, 1.807) is 0 Å². The molecule has 1 aromatic rings. The molecule has 1 aliphatic carbocycles. The number of carbonyl (C=O) groups excluding carboxylic acids is 1. The topological polar surface area (TPSA) is 96.9 Å². The van der Waals surface area contributed by atoms with Crippen LogP contribution < -0.4 is 20.1 Å². The minimum Gasteiger partial charge on any atom is -0.493 e. The molecule has 1 fully saturated rings. The molecule has 0 atom stereocenters. The Kier molecular flexibility index (Phi) is 3.97. The fourth-order valence-corrected chi connectivity index (χ4v) is 1.73. The largest absolute Gasteiger partial charge is 0.493 e. The van der Waals surface area contributed by atoms with Crippen LogP contribution in [0.4, 0.5) is 10.5 Å². The molecule has 0 aliphatic heterocycles. The summed E-state index contributed by atoms with van der Waals surface area (Å²) in [5, 5.41) is 14.4. The van der Waals surface area contributed by atoms with E-state index in [4.69, 9.17) is 9.47 Å². The van der Waals surface area contributed by atoms with Gasteiger partial charge in [0.2, 0.25) is 0 Å². The van der Waals surface area contributed by atoms with Crippen LogP contribution in [0.1, 0.15) is 23.2 Å². The van der Waals surface area contributed by atoms with E-state index in [1.807, 2.05) is 0 Å². The van der Waals surface area contributed by atoms with Crippen LogP contribution in [-0.2, 0) is 0 Å². The first-order valence-corrected chi connectivity index (χ1v) is 6.12. The van der Waals surface area contributed by atoms with Gasteiger partial charge in [0.15, 0.2) is 11.5 Å². The predicted molar refractivity (Wildman–Crippen MR) is 71.7 cm³/mol. The van der Waals surface area contributed by atoms with E-state index in [-0.39, 0.29) is 23.0 Å². The Morgan fingerprint density at radius 3 is 2.30 bits per heavy atom. The molecule has 2 rings (SSSR count). The number of rotatable bonds is 5. The van der Waals surface area contributed by atoms with Gasteiger partial charge in [-0.3, -0.25) is 0 Å². The highest BCUT2D eigenvalue weighted by Gasteiger charge is 2.24. The molecule has 0 unspecified atom stereocenters. The number of anilines is 1. The second-order valence-corrected chi connectivity index (χ2v) is 4.43. The molecule has 20 heavy (non-hydrogen) atoms. The molecule has 2 amide bonds. The lowest BCUT2D eigenvalue weighted by Gasteiger charge is -2.14. The Bertz CT molecular complexity index is 540. The number of nitrogens with one attached hydrogen (secondary N) is 2. The van der Waals surface area contributed by atoms with E-state index in [0.29, 0.717) is 5.75 Å². The van der Waals surface area contributed by atoms with Crippen molar-refractivity contribution in [3.63, 3.8) is 0 Å². The molecule has 7 nitrogen and oxygen atoms in total. The first-order chi connectivity index (χ1) is 9.55. The summed E-state index contributed by atoms with van der Waals surface area (Å²) in [7, 11) is 2.85. The van der Waals surface area contributed by atoms with Gasteiger partial charge in [0, 0.05) is 18.2 Å². The summed E-state index contributed by atoms with van der Waals surface area (Å²) >= 11 is 0. The number of ether oxygens (including phenoxy) is 2. The third-order valence-electron chi connectivity index (χ3n) is 2.91. The predicted octanol–water partition coefficient (Wildman–Crippen LogP) is 1.69. The van der Waals surface area contributed by atoms with Gasteiger partial charge in [-0.25, -0.2) is 9.59 Å². The summed E-state index contributed by atoms with van der Waals surface area (Å²) < 4.78 is 10.1. The average molecular weight is 280 g/mol. The number of urea groups is 1. The average Bonchev–Trinajstić information content (AvgIpc) is 3.21. The molecular formula is C13H16N2O5. The molecular weight excluding hydrogens is 264 g/mol. The second-order valence-electron chi connectivity index (χ2n) is 4.43. The maximum Gasteiger partial charge on any atom is 0.337 e. The molecule has 0 aromatic heterocycles.